The molecule has 5 rings (SSSR count). The van der Waals surface area contributed by atoms with Gasteiger partial charge in [0.2, 0.25) is 0 Å². The van der Waals surface area contributed by atoms with E-state index in [1.807, 2.05) is 32.0 Å². The second kappa shape index (κ2) is 8.99. The van der Waals surface area contributed by atoms with E-state index in [1.165, 1.54) is 0 Å². The molecular weight excluding hydrogens is 468 g/mol. The predicted octanol–water partition coefficient (Wildman–Crippen LogP) is 3.27. The van der Waals surface area contributed by atoms with Gasteiger partial charge in [-0.3, -0.25) is 4.79 Å². The summed E-state index contributed by atoms with van der Waals surface area (Å²) in [6.45, 7) is 9.00. The molecule has 0 spiro atoms. The zero-order valence-electron chi connectivity index (χ0n) is 19.8. The molecule has 0 radical (unpaired) electrons. The summed E-state index contributed by atoms with van der Waals surface area (Å²) < 4.78 is 37.5. The molecular formula is C25H28N4O5S. The van der Waals surface area contributed by atoms with Gasteiger partial charge in [-0.25, -0.2) is 18.1 Å². The van der Waals surface area contributed by atoms with Gasteiger partial charge in [0.15, 0.2) is 27.0 Å². The Kier molecular flexibility index (Phi) is 6.00. The Balaban J connectivity index is 1.64. The highest BCUT2D eigenvalue weighted by molar-refractivity contribution is 7.91. The Morgan fingerprint density at radius 1 is 1.26 bits per heavy atom. The van der Waals surface area contributed by atoms with Crippen LogP contribution < -0.4 is 9.47 Å². The highest BCUT2D eigenvalue weighted by Crippen LogP contribution is 2.35. The fourth-order valence-corrected chi connectivity index (χ4v) is 6.37. The zero-order valence-corrected chi connectivity index (χ0v) is 20.6. The van der Waals surface area contributed by atoms with E-state index >= 15 is 0 Å². The van der Waals surface area contributed by atoms with Crippen LogP contribution in [0.3, 0.4) is 0 Å². The molecule has 0 N–H and O–H groups in total. The maximum atomic E-state index is 13.9. The number of rotatable bonds is 6. The van der Waals surface area contributed by atoms with E-state index < -0.39 is 15.9 Å². The Morgan fingerprint density at radius 2 is 2.03 bits per heavy atom. The second-order valence-electron chi connectivity index (χ2n) is 9.14. The molecule has 2 aliphatic heterocycles. The fourth-order valence-electron chi connectivity index (χ4n) is 4.64. The third-order valence-corrected chi connectivity index (χ3v) is 8.11. The summed E-state index contributed by atoms with van der Waals surface area (Å²) in [6, 6.07) is 6.97. The van der Waals surface area contributed by atoms with E-state index in [2.05, 4.69) is 11.7 Å². The minimum Gasteiger partial charge on any atom is -0.486 e. The molecule has 1 aromatic carbocycles. The number of hydrogen-bond donors (Lipinski definition) is 0. The van der Waals surface area contributed by atoms with E-state index in [0.29, 0.717) is 53.4 Å². The minimum atomic E-state index is -3.17. The number of pyridine rings is 1. The fraction of sp³-hybridized carbons (Fsp3) is 0.400. The van der Waals surface area contributed by atoms with Gasteiger partial charge in [0.05, 0.1) is 34.3 Å². The number of benzene rings is 1. The van der Waals surface area contributed by atoms with Gasteiger partial charge < -0.3 is 14.4 Å². The first-order valence-electron chi connectivity index (χ1n) is 11.7. The Hall–Kier alpha value is -3.40. The molecule has 0 aliphatic carbocycles. The van der Waals surface area contributed by atoms with Gasteiger partial charge in [-0.05, 0) is 44.5 Å². The van der Waals surface area contributed by atoms with Gasteiger partial charge in [-0.1, -0.05) is 6.08 Å². The molecule has 1 unspecified atom stereocenters. The molecule has 1 amide bonds. The van der Waals surface area contributed by atoms with Crippen LogP contribution in [0.2, 0.25) is 0 Å². The number of carbonyl (C=O) groups excluding carboxylic acids is 1. The van der Waals surface area contributed by atoms with Gasteiger partial charge in [0.25, 0.3) is 5.91 Å². The van der Waals surface area contributed by atoms with Crippen LogP contribution in [0.25, 0.3) is 22.3 Å². The maximum absolute atomic E-state index is 13.9. The number of fused-ring (bicyclic) bond motifs is 2. The van der Waals surface area contributed by atoms with Crippen LogP contribution in [0.15, 0.2) is 43.1 Å². The number of hydrogen-bond acceptors (Lipinski definition) is 7. The van der Waals surface area contributed by atoms with Gasteiger partial charge in [-0.2, -0.15) is 5.10 Å². The minimum absolute atomic E-state index is 0.0303. The highest BCUT2D eigenvalue weighted by Gasteiger charge is 2.35. The lowest BCUT2D eigenvalue weighted by Crippen LogP contribution is -2.41. The largest absolute Gasteiger partial charge is 0.486 e. The third-order valence-electron chi connectivity index (χ3n) is 6.36. The summed E-state index contributed by atoms with van der Waals surface area (Å²) in [6.07, 6.45) is 3.69. The molecule has 3 aromatic rings. The Bertz CT molecular complexity index is 1410. The van der Waals surface area contributed by atoms with Crippen LogP contribution in [0.1, 0.15) is 36.7 Å². The Morgan fingerprint density at radius 3 is 2.71 bits per heavy atom. The number of ether oxygens (including phenoxy) is 2. The number of amides is 1. The number of nitrogens with zero attached hydrogens (tertiary/aromatic N) is 4. The number of carbonyl (C=O) groups is 1. The zero-order chi connectivity index (χ0) is 24.7. The van der Waals surface area contributed by atoms with Crippen molar-refractivity contribution in [2.75, 3.05) is 31.3 Å². The van der Waals surface area contributed by atoms with Crippen LogP contribution in [-0.2, 0) is 9.84 Å². The average molecular weight is 497 g/mol. The predicted molar refractivity (Wildman–Crippen MR) is 133 cm³/mol. The molecule has 0 bridgehead atoms. The normalized spacial score (nSPS) is 18.7. The van der Waals surface area contributed by atoms with Crippen molar-refractivity contribution in [3.63, 3.8) is 0 Å². The van der Waals surface area contributed by atoms with E-state index in [9.17, 15) is 13.2 Å². The van der Waals surface area contributed by atoms with E-state index in [4.69, 9.17) is 14.5 Å². The van der Waals surface area contributed by atoms with E-state index in [0.717, 1.165) is 5.56 Å². The SMILES string of the molecule is C=CCN(C(=O)c1cc(-c2ccc3c(c2)OCCO3)nc2c1cnn2C(C)C)C1CCS(=O)(=O)C1. The van der Waals surface area contributed by atoms with Gasteiger partial charge in [0.1, 0.15) is 13.2 Å². The number of aromatic nitrogens is 3. The third kappa shape index (κ3) is 4.38. The van der Waals surface area contributed by atoms with Crippen molar-refractivity contribution in [1.82, 2.24) is 19.7 Å². The quantitative estimate of drug-likeness (QED) is 0.483. The van der Waals surface area contributed by atoms with E-state index in [1.54, 1.807) is 27.9 Å². The highest BCUT2D eigenvalue weighted by atomic mass is 32.2. The lowest BCUT2D eigenvalue weighted by Gasteiger charge is -2.27. The summed E-state index contributed by atoms with van der Waals surface area (Å²) in [5.41, 5.74) is 2.39. The molecule has 1 fully saturated rings. The average Bonchev–Trinajstić information content (AvgIpc) is 3.44. The molecule has 4 heterocycles. The van der Waals surface area contributed by atoms with Crippen LogP contribution in [0.5, 0.6) is 11.5 Å². The van der Waals surface area contributed by atoms with Crippen molar-refractivity contribution < 1.29 is 22.7 Å². The van der Waals surface area contributed by atoms with Crippen molar-refractivity contribution >= 4 is 26.8 Å². The molecule has 1 atom stereocenters. The summed E-state index contributed by atoms with van der Waals surface area (Å²) in [4.78, 5) is 20.4. The lowest BCUT2D eigenvalue weighted by molar-refractivity contribution is 0.0722. The molecule has 35 heavy (non-hydrogen) atoms. The first kappa shape index (κ1) is 23.3. The van der Waals surface area contributed by atoms with Crippen LogP contribution >= 0.6 is 0 Å². The molecule has 9 nitrogen and oxygen atoms in total. The molecule has 2 aromatic heterocycles. The van der Waals surface area contributed by atoms with Gasteiger partial charge >= 0.3 is 0 Å². The molecule has 0 saturated carbocycles. The van der Waals surface area contributed by atoms with Crippen molar-refractivity contribution in [1.29, 1.82) is 0 Å². The van der Waals surface area contributed by atoms with Crippen molar-refractivity contribution in [2.45, 2.75) is 32.4 Å². The molecule has 1 saturated heterocycles. The molecule has 10 heteroatoms. The summed E-state index contributed by atoms with van der Waals surface area (Å²) in [5, 5.41) is 5.12. The topological polar surface area (TPSA) is 104 Å². The Labute approximate surface area is 204 Å². The van der Waals surface area contributed by atoms with Crippen molar-refractivity contribution in [3.8, 4) is 22.8 Å². The smallest absolute Gasteiger partial charge is 0.255 e. The standard InChI is InChI=1S/C25H28N4O5S/c1-4-8-28(18-7-11-35(31,32)15-18)25(30)19-13-21(27-24-20(19)14-26-29(24)16(2)3)17-5-6-22-23(12-17)34-10-9-33-22/h4-6,12-14,16,18H,1,7-11,15H2,2-3H3. The van der Waals surface area contributed by atoms with Crippen LogP contribution in [-0.4, -0.2) is 71.3 Å². The van der Waals surface area contributed by atoms with E-state index in [-0.39, 0.29) is 30.0 Å². The van der Waals surface area contributed by atoms with Crippen LogP contribution in [0.4, 0.5) is 0 Å². The van der Waals surface area contributed by atoms with Gasteiger partial charge in [-0.15, -0.1) is 6.58 Å². The second-order valence-corrected chi connectivity index (χ2v) is 11.4. The maximum Gasteiger partial charge on any atom is 0.255 e. The number of sulfone groups is 1. The monoisotopic (exact) mass is 496 g/mol. The first-order valence-corrected chi connectivity index (χ1v) is 13.5. The van der Waals surface area contributed by atoms with Gasteiger partial charge in [0, 0.05) is 24.2 Å². The van der Waals surface area contributed by atoms with Crippen molar-refractivity contribution in [2.24, 2.45) is 0 Å². The summed E-state index contributed by atoms with van der Waals surface area (Å²) in [5.74, 6) is 1.08. The molecule has 184 valence electrons. The summed E-state index contributed by atoms with van der Waals surface area (Å²) in [7, 11) is -3.17. The first-order chi connectivity index (χ1) is 16.8. The summed E-state index contributed by atoms with van der Waals surface area (Å²) >= 11 is 0. The molecule has 2 aliphatic rings. The lowest BCUT2D eigenvalue weighted by atomic mass is 10.0. The van der Waals surface area contributed by atoms with Crippen molar-refractivity contribution in [3.05, 3.63) is 48.7 Å². The van der Waals surface area contributed by atoms with Crippen LogP contribution in [0, 0.1) is 0 Å².